The molecule has 2 heterocycles. The van der Waals surface area contributed by atoms with Crippen LogP contribution in [0.3, 0.4) is 0 Å². The summed E-state index contributed by atoms with van der Waals surface area (Å²) in [6, 6.07) is 10.8. The summed E-state index contributed by atoms with van der Waals surface area (Å²) in [4.78, 5) is 12.8. The third-order valence-corrected chi connectivity index (χ3v) is 7.45. The molecule has 0 radical (unpaired) electrons. The molecule has 0 saturated carbocycles. The molecule has 2 aromatic rings. The van der Waals surface area contributed by atoms with E-state index in [1.807, 2.05) is 25.1 Å². The minimum atomic E-state index is -3.53. The van der Waals surface area contributed by atoms with Crippen LogP contribution in [0.1, 0.15) is 36.0 Å². The van der Waals surface area contributed by atoms with Gasteiger partial charge in [-0.25, -0.2) is 8.42 Å². The second-order valence-corrected chi connectivity index (χ2v) is 9.64. The molecular formula is C22H26N2O4S. The smallest absolute Gasteiger partial charge is 0.243 e. The number of fused-ring (bicyclic) bond motifs is 1. The summed E-state index contributed by atoms with van der Waals surface area (Å²) >= 11 is 0. The van der Waals surface area contributed by atoms with Gasteiger partial charge in [-0.3, -0.25) is 4.79 Å². The van der Waals surface area contributed by atoms with Crippen molar-refractivity contribution in [3.8, 4) is 5.75 Å². The number of anilines is 1. The lowest BCUT2D eigenvalue weighted by atomic mass is 10.1. The van der Waals surface area contributed by atoms with Gasteiger partial charge < -0.3 is 10.1 Å². The van der Waals surface area contributed by atoms with Crippen molar-refractivity contribution in [2.45, 2.75) is 43.9 Å². The van der Waals surface area contributed by atoms with Crippen LogP contribution in [0.2, 0.25) is 0 Å². The van der Waals surface area contributed by atoms with Crippen LogP contribution >= 0.6 is 0 Å². The minimum Gasteiger partial charge on any atom is -0.493 e. The molecule has 1 saturated heterocycles. The summed E-state index contributed by atoms with van der Waals surface area (Å²) < 4.78 is 32.9. The van der Waals surface area contributed by atoms with E-state index in [2.05, 4.69) is 5.32 Å². The molecule has 1 amide bonds. The second-order valence-electron chi connectivity index (χ2n) is 7.71. The first-order valence-corrected chi connectivity index (χ1v) is 11.5. The predicted molar refractivity (Wildman–Crippen MR) is 112 cm³/mol. The van der Waals surface area contributed by atoms with Crippen molar-refractivity contribution >= 4 is 21.6 Å². The third-order valence-electron chi connectivity index (χ3n) is 5.55. The Kier molecular flexibility index (Phi) is 5.61. The Bertz CT molecular complexity index is 1030. The summed E-state index contributed by atoms with van der Waals surface area (Å²) in [6.07, 6.45) is 3.94. The maximum atomic E-state index is 12.9. The molecule has 0 aliphatic carbocycles. The Hall–Kier alpha value is -2.38. The molecule has 2 aliphatic rings. The van der Waals surface area contributed by atoms with E-state index in [1.54, 1.807) is 22.5 Å². The number of aryl methyl sites for hydroxylation is 1. The fourth-order valence-corrected chi connectivity index (χ4v) is 5.42. The van der Waals surface area contributed by atoms with E-state index in [1.165, 1.54) is 0 Å². The molecule has 29 heavy (non-hydrogen) atoms. The van der Waals surface area contributed by atoms with Crippen molar-refractivity contribution in [3.63, 3.8) is 0 Å². The molecule has 0 atom stereocenters. The largest absolute Gasteiger partial charge is 0.493 e. The van der Waals surface area contributed by atoms with Crippen molar-refractivity contribution in [3.05, 3.63) is 53.1 Å². The zero-order valence-electron chi connectivity index (χ0n) is 16.6. The predicted octanol–water partition coefficient (Wildman–Crippen LogP) is 3.29. The Morgan fingerprint density at radius 2 is 1.90 bits per heavy atom. The van der Waals surface area contributed by atoms with Crippen LogP contribution in [0.15, 0.2) is 41.3 Å². The highest BCUT2D eigenvalue weighted by atomic mass is 32.2. The summed E-state index contributed by atoms with van der Waals surface area (Å²) in [5.74, 6) is 0.722. The minimum absolute atomic E-state index is 0.167. The number of sulfonamides is 1. The number of benzene rings is 2. The van der Waals surface area contributed by atoms with Gasteiger partial charge in [0.2, 0.25) is 15.9 Å². The van der Waals surface area contributed by atoms with E-state index >= 15 is 0 Å². The zero-order valence-corrected chi connectivity index (χ0v) is 17.4. The van der Waals surface area contributed by atoms with Crippen molar-refractivity contribution in [2.75, 3.05) is 25.0 Å². The van der Waals surface area contributed by atoms with Crippen molar-refractivity contribution in [1.29, 1.82) is 0 Å². The lowest BCUT2D eigenvalue weighted by Crippen LogP contribution is -2.35. The lowest BCUT2D eigenvalue weighted by Gasteiger charge is -2.26. The molecule has 2 aromatic carbocycles. The van der Waals surface area contributed by atoms with Gasteiger partial charge in [0.15, 0.2) is 0 Å². The highest BCUT2D eigenvalue weighted by molar-refractivity contribution is 7.89. The van der Waals surface area contributed by atoms with Gasteiger partial charge in [-0.15, -0.1) is 0 Å². The number of ether oxygens (including phenoxy) is 1. The summed E-state index contributed by atoms with van der Waals surface area (Å²) in [5, 5.41) is 2.89. The normalized spacial score (nSPS) is 16.9. The van der Waals surface area contributed by atoms with Crippen LogP contribution in [-0.4, -0.2) is 38.3 Å². The van der Waals surface area contributed by atoms with Gasteiger partial charge in [0.1, 0.15) is 5.75 Å². The Morgan fingerprint density at radius 3 is 2.69 bits per heavy atom. The average Bonchev–Trinajstić information content (AvgIpc) is 3.18. The van der Waals surface area contributed by atoms with E-state index in [-0.39, 0.29) is 17.2 Å². The van der Waals surface area contributed by atoms with E-state index in [9.17, 15) is 13.2 Å². The molecule has 154 valence electrons. The molecular weight excluding hydrogens is 388 g/mol. The highest BCUT2D eigenvalue weighted by Gasteiger charge is 2.26. The number of rotatable bonds is 5. The zero-order chi connectivity index (χ0) is 20.4. The van der Waals surface area contributed by atoms with Crippen LogP contribution in [0.4, 0.5) is 5.69 Å². The number of nitrogens with zero attached hydrogens (tertiary/aromatic N) is 1. The maximum absolute atomic E-state index is 12.9. The fourth-order valence-electron chi connectivity index (χ4n) is 3.88. The van der Waals surface area contributed by atoms with Crippen molar-refractivity contribution in [1.82, 2.24) is 4.31 Å². The maximum Gasteiger partial charge on any atom is 0.243 e. The molecule has 4 rings (SSSR count). The lowest BCUT2D eigenvalue weighted by molar-refractivity contribution is -0.115. The molecule has 2 aliphatic heterocycles. The quantitative estimate of drug-likeness (QED) is 0.815. The van der Waals surface area contributed by atoms with Gasteiger partial charge in [0.05, 0.1) is 17.9 Å². The molecule has 7 heteroatoms. The van der Waals surface area contributed by atoms with Crippen molar-refractivity contribution in [2.24, 2.45) is 0 Å². The SMILES string of the molecule is Cc1ccc(S(=O)(=O)N2CCCCC2)cc1NC(=O)Cc1ccc2c(c1)CCO2. The molecule has 0 bridgehead atoms. The van der Waals surface area contributed by atoms with Gasteiger partial charge in [-0.05, 0) is 54.7 Å². The number of amides is 1. The van der Waals surface area contributed by atoms with Gasteiger partial charge in [0, 0.05) is 25.2 Å². The molecule has 6 nitrogen and oxygen atoms in total. The van der Waals surface area contributed by atoms with Gasteiger partial charge in [-0.1, -0.05) is 24.6 Å². The number of nitrogens with one attached hydrogen (secondary N) is 1. The number of carbonyl (C=O) groups is 1. The van der Waals surface area contributed by atoms with E-state index < -0.39 is 10.0 Å². The van der Waals surface area contributed by atoms with Gasteiger partial charge >= 0.3 is 0 Å². The van der Waals surface area contributed by atoms with E-state index in [4.69, 9.17) is 4.74 Å². The van der Waals surface area contributed by atoms with Gasteiger partial charge in [-0.2, -0.15) is 4.31 Å². The van der Waals surface area contributed by atoms with Crippen LogP contribution in [0.25, 0.3) is 0 Å². The Balaban J connectivity index is 1.49. The molecule has 1 N–H and O–H groups in total. The molecule has 1 fully saturated rings. The molecule has 0 aromatic heterocycles. The van der Waals surface area contributed by atoms with Crippen LogP contribution in [0.5, 0.6) is 5.75 Å². The summed E-state index contributed by atoms with van der Waals surface area (Å²) in [6.45, 7) is 3.65. The van der Waals surface area contributed by atoms with E-state index in [0.717, 1.165) is 48.1 Å². The summed E-state index contributed by atoms with van der Waals surface area (Å²) in [7, 11) is -3.53. The Morgan fingerprint density at radius 1 is 1.10 bits per heavy atom. The molecule has 0 unspecified atom stereocenters. The monoisotopic (exact) mass is 414 g/mol. The number of piperidine rings is 1. The number of hydrogen-bond acceptors (Lipinski definition) is 4. The molecule has 0 spiro atoms. The summed E-state index contributed by atoms with van der Waals surface area (Å²) in [5.41, 5.74) is 3.42. The topological polar surface area (TPSA) is 75.7 Å². The highest BCUT2D eigenvalue weighted by Crippen LogP contribution is 2.27. The van der Waals surface area contributed by atoms with Crippen LogP contribution in [0, 0.1) is 6.92 Å². The first kappa shape index (κ1) is 19.9. The first-order valence-electron chi connectivity index (χ1n) is 10.1. The third kappa shape index (κ3) is 4.31. The van der Waals surface area contributed by atoms with Crippen LogP contribution in [-0.2, 0) is 27.7 Å². The average molecular weight is 415 g/mol. The van der Waals surface area contributed by atoms with Gasteiger partial charge in [0.25, 0.3) is 0 Å². The first-order chi connectivity index (χ1) is 13.9. The number of carbonyl (C=O) groups excluding carboxylic acids is 1. The fraction of sp³-hybridized carbons (Fsp3) is 0.409. The van der Waals surface area contributed by atoms with E-state index in [0.29, 0.717) is 25.4 Å². The number of hydrogen-bond donors (Lipinski definition) is 1. The Labute approximate surface area is 171 Å². The van der Waals surface area contributed by atoms with Crippen LogP contribution < -0.4 is 10.1 Å². The second kappa shape index (κ2) is 8.16. The standard InChI is InChI=1S/C22H26N2O4S/c1-16-5-7-19(29(26,27)24-10-3-2-4-11-24)15-20(16)23-22(25)14-17-6-8-21-18(13-17)9-12-28-21/h5-8,13,15H,2-4,9-12,14H2,1H3,(H,23,25). The van der Waals surface area contributed by atoms with Crippen molar-refractivity contribution < 1.29 is 17.9 Å².